The molecule has 0 unspecified atom stereocenters. The molecule has 0 aliphatic carbocycles. The number of rotatable bonds is 46. The maximum Gasteiger partial charge on any atom is 0.306 e. The fourth-order valence-corrected chi connectivity index (χ4v) is 7.81. The van der Waals surface area contributed by atoms with E-state index in [2.05, 4.69) is 34.6 Å². The van der Waals surface area contributed by atoms with E-state index >= 15 is 0 Å². The number of hydrogen-bond acceptors (Lipinski definition) is 6. The highest BCUT2D eigenvalue weighted by Gasteiger charge is 2.19. The molecule has 0 bridgehead atoms. The summed E-state index contributed by atoms with van der Waals surface area (Å²) < 4.78 is 16.8. The zero-order chi connectivity index (χ0) is 42.6. The zero-order valence-electron chi connectivity index (χ0n) is 39.7. The molecule has 344 valence electrons. The van der Waals surface area contributed by atoms with Gasteiger partial charge in [0.1, 0.15) is 13.2 Å². The smallest absolute Gasteiger partial charge is 0.306 e. The first-order chi connectivity index (χ1) is 28.2. The van der Waals surface area contributed by atoms with Gasteiger partial charge >= 0.3 is 17.9 Å². The minimum atomic E-state index is -0.761. The SMILES string of the molecule is CCCCCCCCCCCCCC(=O)O[C@H](COC(=O)CCCCCCCCCCCCCCC(C)C)COC(=O)CCCCCCCCCCCCCC(C)C. The van der Waals surface area contributed by atoms with E-state index < -0.39 is 6.10 Å². The van der Waals surface area contributed by atoms with Crippen molar-refractivity contribution in [2.75, 3.05) is 13.2 Å². The molecule has 0 heterocycles. The molecule has 0 fully saturated rings. The van der Waals surface area contributed by atoms with Crippen LogP contribution in [0.15, 0.2) is 0 Å². The first kappa shape index (κ1) is 56.4. The normalized spacial score (nSPS) is 12.1. The standard InChI is InChI=1S/C52H100O6/c1-6-7-8-9-10-11-15-24-29-34-39-44-52(55)58-49(46-57-51(54)43-38-33-28-23-19-14-17-21-26-31-36-41-48(4)5)45-56-50(53)42-37-32-27-22-18-13-12-16-20-25-30-35-40-47(2)3/h47-49H,6-46H2,1-5H3/t49-/m1/s1. The molecule has 0 radical (unpaired) electrons. The zero-order valence-corrected chi connectivity index (χ0v) is 39.7. The summed E-state index contributed by atoms with van der Waals surface area (Å²) in [5, 5.41) is 0. The van der Waals surface area contributed by atoms with Gasteiger partial charge < -0.3 is 14.2 Å². The van der Waals surface area contributed by atoms with E-state index in [9.17, 15) is 14.4 Å². The number of unbranched alkanes of at least 4 members (excludes halogenated alkanes) is 31. The van der Waals surface area contributed by atoms with Gasteiger partial charge in [-0.15, -0.1) is 0 Å². The van der Waals surface area contributed by atoms with Crippen LogP contribution in [0.3, 0.4) is 0 Å². The van der Waals surface area contributed by atoms with Crippen LogP contribution in [-0.4, -0.2) is 37.2 Å². The number of carbonyl (C=O) groups is 3. The Morgan fingerprint density at radius 1 is 0.328 bits per heavy atom. The van der Waals surface area contributed by atoms with Gasteiger partial charge in [0.05, 0.1) is 0 Å². The van der Waals surface area contributed by atoms with Gasteiger partial charge in [0.25, 0.3) is 0 Å². The summed E-state index contributed by atoms with van der Waals surface area (Å²) in [4.78, 5) is 37.9. The van der Waals surface area contributed by atoms with Gasteiger partial charge in [0, 0.05) is 19.3 Å². The molecular weight excluding hydrogens is 721 g/mol. The molecule has 1 atom stereocenters. The van der Waals surface area contributed by atoms with Crippen LogP contribution in [0, 0.1) is 11.8 Å². The van der Waals surface area contributed by atoms with Gasteiger partial charge in [0.15, 0.2) is 6.10 Å². The van der Waals surface area contributed by atoms with Crippen molar-refractivity contribution in [3.8, 4) is 0 Å². The first-order valence-electron chi connectivity index (χ1n) is 25.7. The lowest BCUT2D eigenvalue weighted by molar-refractivity contribution is -0.167. The summed E-state index contributed by atoms with van der Waals surface area (Å²) in [6.07, 6.45) is 45.1. The molecule has 0 rings (SSSR count). The Labute approximate surface area is 361 Å². The predicted molar refractivity (Wildman–Crippen MR) is 247 cm³/mol. The lowest BCUT2D eigenvalue weighted by Crippen LogP contribution is -2.30. The molecule has 0 aliphatic heterocycles. The minimum absolute atomic E-state index is 0.0637. The van der Waals surface area contributed by atoms with E-state index in [4.69, 9.17) is 14.2 Å². The van der Waals surface area contributed by atoms with E-state index in [0.29, 0.717) is 19.3 Å². The van der Waals surface area contributed by atoms with E-state index in [1.807, 2.05) is 0 Å². The van der Waals surface area contributed by atoms with E-state index in [-0.39, 0.29) is 31.1 Å². The van der Waals surface area contributed by atoms with Gasteiger partial charge in [-0.3, -0.25) is 14.4 Å². The van der Waals surface area contributed by atoms with Crippen molar-refractivity contribution in [2.24, 2.45) is 11.8 Å². The molecule has 58 heavy (non-hydrogen) atoms. The van der Waals surface area contributed by atoms with Gasteiger partial charge in [-0.05, 0) is 31.1 Å². The highest BCUT2D eigenvalue weighted by Crippen LogP contribution is 2.17. The average molecular weight is 821 g/mol. The summed E-state index contributed by atoms with van der Waals surface area (Å²) in [5.41, 5.74) is 0. The van der Waals surface area contributed by atoms with Crippen LogP contribution < -0.4 is 0 Å². The molecular formula is C52H100O6. The molecule has 0 saturated carbocycles. The summed E-state index contributed by atoms with van der Waals surface area (Å²) in [6.45, 7) is 11.4. The molecule has 0 saturated heterocycles. The highest BCUT2D eigenvalue weighted by atomic mass is 16.6. The molecule has 0 N–H and O–H groups in total. The fraction of sp³-hybridized carbons (Fsp3) is 0.942. The second-order valence-electron chi connectivity index (χ2n) is 18.8. The van der Waals surface area contributed by atoms with Crippen LogP contribution in [0.5, 0.6) is 0 Å². The monoisotopic (exact) mass is 821 g/mol. The Kier molecular flexibility index (Phi) is 43.7. The molecule has 0 amide bonds. The van der Waals surface area contributed by atoms with Crippen LogP contribution in [0.1, 0.15) is 285 Å². The Bertz CT molecular complexity index is 885. The molecule has 6 nitrogen and oxygen atoms in total. The minimum Gasteiger partial charge on any atom is -0.462 e. The van der Waals surface area contributed by atoms with Crippen LogP contribution in [0.4, 0.5) is 0 Å². The van der Waals surface area contributed by atoms with E-state index in [0.717, 1.165) is 69.6 Å². The molecule has 0 aliphatic rings. The number of hydrogen-bond donors (Lipinski definition) is 0. The lowest BCUT2D eigenvalue weighted by atomic mass is 10.0. The van der Waals surface area contributed by atoms with Gasteiger partial charge in [-0.25, -0.2) is 0 Å². The first-order valence-corrected chi connectivity index (χ1v) is 25.7. The molecule has 0 spiro atoms. The quantitative estimate of drug-likeness (QED) is 0.0346. The lowest BCUT2D eigenvalue weighted by Gasteiger charge is -2.18. The van der Waals surface area contributed by atoms with Crippen LogP contribution in [0.2, 0.25) is 0 Å². The second-order valence-corrected chi connectivity index (χ2v) is 18.8. The number of ether oxygens (including phenoxy) is 3. The maximum atomic E-state index is 12.7. The third kappa shape index (κ3) is 45.5. The van der Waals surface area contributed by atoms with Crippen LogP contribution >= 0.6 is 0 Å². The second kappa shape index (κ2) is 44.9. The Morgan fingerprint density at radius 3 is 0.845 bits per heavy atom. The van der Waals surface area contributed by atoms with Crippen LogP contribution in [-0.2, 0) is 28.6 Å². The topological polar surface area (TPSA) is 78.9 Å². The Balaban J connectivity index is 4.30. The van der Waals surface area contributed by atoms with Gasteiger partial charge in [-0.1, -0.05) is 247 Å². The van der Waals surface area contributed by atoms with Crippen molar-refractivity contribution in [1.82, 2.24) is 0 Å². The predicted octanol–water partition coefficient (Wildman–Crippen LogP) is 16.5. The third-order valence-corrected chi connectivity index (χ3v) is 11.7. The van der Waals surface area contributed by atoms with E-state index in [1.165, 1.54) is 173 Å². The average Bonchev–Trinajstić information content (AvgIpc) is 3.19. The summed E-state index contributed by atoms with van der Waals surface area (Å²) in [5.74, 6) is 0.812. The highest BCUT2D eigenvalue weighted by molar-refractivity contribution is 5.71. The maximum absolute atomic E-state index is 12.7. The third-order valence-electron chi connectivity index (χ3n) is 11.7. The fourth-order valence-electron chi connectivity index (χ4n) is 7.81. The Hall–Kier alpha value is -1.59. The van der Waals surface area contributed by atoms with Crippen molar-refractivity contribution in [3.63, 3.8) is 0 Å². The summed E-state index contributed by atoms with van der Waals surface area (Å²) in [6, 6.07) is 0. The van der Waals surface area contributed by atoms with Gasteiger partial charge in [0.2, 0.25) is 0 Å². The molecule has 0 aromatic heterocycles. The summed E-state index contributed by atoms with van der Waals surface area (Å²) >= 11 is 0. The number of esters is 3. The van der Waals surface area contributed by atoms with Crippen molar-refractivity contribution in [3.05, 3.63) is 0 Å². The Morgan fingerprint density at radius 2 is 0.569 bits per heavy atom. The summed E-state index contributed by atoms with van der Waals surface area (Å²) in [7, 11) is 0. The van der Waals surface area contributed by atoms with Crippen molar-refractivity contribution in [1.29, 1.82) is 0 Å². The van der Waals surface area contributed by atoms with E-state index in [1.54, 1.807) is 0 Å². The van der Waals surface area contributed by atoms with Crippen molar-refractivity contribution in [2.45, 2.75) is 291 Å². The largest absolute Gasteiger partial charge is 0.462 e. The molecule has 6 heteroatoms. The number of carbonyl (C=O) groups excluding carboxylic acids is 3. The van der Waals surface area contributed by atoms with Crippen molar-refractivity contribution >= 4 is 17.9 Å². The van der Waals surface area contributed by atoms with Crippen LogP contribution in [0.25, 0.3) is 0 Å². The molecule has 0 aromatic carbocycles. The van der Waals surface area contributed by atoms with Crippen molar-refractivity contribution < 1.29 is 28.6 Å². The molecule has 0 aromatic rings. The van der Waals surface area contributed by atoms with Gasteiger partial charge in [-0.2, -0.15) is 0 Å².